The molecule has 2 rings (SSSR count). The summed E-state index contributed by atoms with van der Waals surface area (Å²) in [6, 6.07) is 0. The van der Waals surface area contributed by atoms with Crippen LogP contribution in [0.25, 0.3) is 0 Å². The molecular formula is C9H12. The van der Waals surface area contributed by atoms with Gasteiger partial charge in [-0.3, -0.25) is 0 Å². The van der Waals surface area contributed by atoms with Crippen molar-refractivity contribution in [3.05, 3.63) is 23.3 Å². The first-order valence-corrected chi connectivity index (χ1v) is 3.85. The Morgan fingerprint density at radius 2 is 1.67 bits per heavy atom. The lowest BCUT2D eigenvalue weighted by Gasteiger charge is -2.10. The van der Waals surface area contributed by atoms with Gasteiger partial charge in [-0.1, -0.05) is 12.2 Å². The zero-order valence-electron chi connectivity index (χ0n) is 5.69. The fourth-order valence-corrected chi connectivity index (χ4v) is 1.76. The van der Waals surface area contributed by atoms with Crippen molar-refractivity contribution in [3.8, 4) is 0 Å². The van der Waals surface area contributed by atoms with Gasteiger partial charge in [-0.2, -0.15) is 0 Å². The van der Waals surface area contributed by atoms with E-state index >= 15 is 0 Å². The average molecular weight is 120 g/mol. The van der Waals surface area contributed by atoms with Gasteiger partial charge in [0.05, 0.1) is 0 Å². The molecule has 2 aliphatic rings. The lowest BCUT2D eigenvalue weighted by molar-refractivity contribution is 0.800. The first-order chi connectivity index (χ1) is 4.47. The molecule has 0 aliphatic heterocycles. The molecule has 0 heterocycles. The fourth-order valence-electron chi connectivity index (χ4n) is 1.76. The van der Waals surface area contributed by atoms with Crippen molar-refractivity contribution >= 4 is 0 Å². The second-order valence-electron chi connectivity index (χ2n) is 2.89. The molecule has 0 aromatic rings. The summed E-state index contributed by atoms with van der Waals surface area (Å²) in [6.45, 7) is 0. The van der Waals surface area contributed by atoms with Crippen LogP contribution < -0.4 is 0 Å². The highest BCUT2D eigenvalue weighted by Gasteiger charge is 2.13. The maximum atomic E-state index is 2.42. The minimum absolute atomic E-state index is 1.31. The molecule has 0 atom stereocenters. The Hall–Kier alpha value is -0.520. The highest BCUT2D eigenvalue weighted by atomic mass is 14.2. The van der Waals surface area contributed by atoms with Crippen molar-refractivity contribution in [3.63, 3.8) is 0 Å². The van der Waals surface area contributed by atoms with E-state index < -0.39 is 0 Å². The Kier molecular flexibility index (Phi) is 1.18. The Labute approximate surface area is 56.3 Å². The number of hydrogen-bond donors (Lipinski definition) is 0. The molecule has 0 nitrogen and oxygen atoms in total. The predicted molar refractivity (Wildman–Crippen MR) is 39.3 cm³/mol. The van der Waals surface area contributed by atoms with Gasteiger partial charge in [-0.25, -0.2) is 0 Å². The van der Waals surface area contributed by atoms with Gasteiger partial charge < -0.3 is 0 Å². The van der Waals surface area contributed by atoms with Crippen LogP contribution in [0.15, 0.2) is 23.3 Å². The molecule has 0 saturated heterocycles. The normalized spacial score (nSPS) is 24.9. The van der Waals surface area contributed by atoms with Crippen molar-refractivity contribution in [2.24, 2.45) is 0 Å². The first-order valence-electron chi connectivity index (χ1n) is 3.85. The average Bonchev–Trinajstić information content (AvgIpc) is 2.33. The molecule has 0 unspecified atom stereocenters. The molecule has 0 heteroatoms. The SMILES string of the molecule is C1=C2CCC=C2CCC1. The smallest absolute Gasteiger partial charge is 0.0244 e. The van der Waals surface area contributed by atoms with Crippen LogP contribution in [0.4, 0.5) is 0 Å². The van der Waals surface area contributed by atoms with E-state index in [9.17, 15) is 0 Å². The van der Waals surface area contributed by atoms with E-state index in [0.29, 0.717) is 0 Å². The number of hydrogen-bond acceptors (Lipinski definition) is 0. The molecule has 48 valence electrons. The topological polar surface area (TPSA) is 0 Å². The van der Waals surface area contributed by atoms with Crippen molar-refractivity contribution in [1.82, 2.24) is 0 Å². The van der Waals surface area contributed by atoms with E-state index in [1.54, 1.807) is 11.1 Å². The van der Waals surface area contributed by atoms with Crippen LogP contribution in [-0.2, 0) is 0 Å². The highest BCUT2D eigenvalue weighted by molar-refractivity contribution is 5.37. The number of allylic oxidation sites excluding steroid dienone is 4. The standard InChI is InChI=1S/C9H12/c1-2-5-9-7-3-6-8(9)4-1/h4,7H,1-3,5-6H2. The molecule has 0 fully saturated rings. The second kappa shape index (κ2) is 2.02. The lowest BCUT2D eigenvalue weighted by atomic mass is 9.96. The van der Waals surface area contributed by atoms with Crippen LogP contribution in [0.2, 0.25) is 0 Å². The minimum Gasteiger partial charge on any atom is -0.0810 e. The van der Waals surface area contributed by atoms with Gasteiger partial charge in [0.2, 0.25) is 0 Å². The van der Waals surface area contributed by atoms with Crippen LogP contribution in [0.5, 0.6) is 0 Å². The number of fused-ring (bicyclic) bond motifs is 1. The summed E-state index contributed by atoms with van der Waals surface area (Å²) < 4.78 is 0. The van der Waals surface area contributed by atoms with E-state index in [2.05, 4.69) is 12.2 Å². The van der Waals surface area contributed by atoms with Crippen LogP contribution in [0, 0.1) is 0 Å². The van der Waals surface area contributed by atoms with Gasteiger partial charge in [0.15, 0.2) is 0 Å². The molecule has 0 bridgehead atoms. The third-order valence-corrected chi connectivity index (χ3v) is 2.26. The molecule has 0 spiro atoms. The highest BCUT2D eigenvalue weighted by Crippen LogP contribution is 2.32. The molecular weight excluding hydrogens is 108 g/mol. The maximum Gasteiger partial charge on any atom is -0.0244 e. The van der Waals surface area contributed by atoms with Gasteiger partial charge in [0.25, 0.3) is 0 Å². The summed E-state index contributed by atoms with van der Waals surface area (Å²) >= 11 is 0. The van der Waals surface area contributed by atoms with Crippen molar-refractivity contribution in [1.29, 1.82) is 0 Å². The summed E-state index contributed by atoms with van der Waals surface area (Å²) in [4.78, 5) is 0. The van der Waals surface area contributed by atoms with Crippen molar-refractivity contribution in [2.45, 2.75) is 32.1 Å². The second-order valence-corrected chi connectivity index (χ2v) is 2.89. The van der Waals surface area contributed by atoms with Gasteiger partial charge in [-0.05, 0) is 43.3 Å². The molecule has 0 aromatic heterocycles. The summed E-state index contributed by atoms with van der Waals surface area (Å²) in [5, 5.41) is 0. The Bertz CT molecular complexity index is 172. The quantitative estimate of drug-likeness (QED) is 0.461. The van der Waals surface area contributed by atoms with Crippen LogP contribution >= 0.6 is 0 Å². The van der Waals surface area contributed by atoms with Crippen LogP contribution in [0.3, 0.4) is 0 Å². The fraction of sp³-hybridized carbons (Fsp3) is 0.556. The molecule has 9 heavy (non-hydrogen) atoms. The van der Waals surface area contributed by atoms with Gasteiger partial charge in [0.1, 0.15) is 0 Å². The predicted octanol–water partition coefficient (Wildman–Crippen LogP) is 2.82. The number of rotatable bonds is 0. The van der Waals surface area contributed by atoms with E-state index in [4.69, 9.17) is 0 Å². The molecule has 0 N–H and O–H groups in total. The van der Waals surface area contributed by atoms with E-state index in [1.807, 2.05) is 0 Å². The monoisotopic (exact) mass is 120 g/mol. The lowest BCUT2D eigenvalue weighted by Crippen LogP contribution is -1.90. The Balaban J connectivity index is 2.30. The third-order valence-electron chi connectivity index (χ3n) is 2.26. The molecule has 0 aromatic carbocycles. The Morgan fingerprint density at radius 3 is 2.56 bits per heavy atom. The summed E-state index contributed by atoms with van der Waals surface area (Å²) in [6.07, 6.45) is 11.5. The zero-order chi connectivity index (χ0) is 6.10. The molecule has 0 saturated carbocycles. The molecule has 0 radical (unpaired) electrons. The van der Waals surface area contributed by atoms with Crippen molar-refractivity contribution in [2.75, 3.05) is 0 Å². The Morgan fingerprint density at radius 1 is 0.889 bits per heavy atom. The summed E-state index contributed by atoms with van der Waals surface area (Å²) in [7, 11) is 0. The summed E-state index contributed by atoms with van der Waals surface area (Å²) in [5.74, 6) is 0. The molecule has 0 amide bonds. The van der Waals surface area contributed by atoms with Gasteiger partial charge in [0, 0.05) is 0 Å². The van der Waals surface area contributed by atoms with Gasteiger partial charge in [-0.15, -0.1) is 0 Å². The minimum atomic E-state index is 1.31. The largest absolute Gasteiger partial charge is 0.0810 e. The van der Waals surface area contributed by atoms with Gasteiger partial charge >= 0.3 is 0 Å². The van der Waals surface area contributed by atoms with Crippen LogP contribution in [-0.4, -0.2) is 0 Å². The van der Waals surface area contributed by atoms with E-state index in [0.717, 1.165) is 0 Å². The van der Waals surface area contributed by atoms with Crippen LogP contribution in [0.1, 0.15) is 32.1 Å². The maximum absolute atomic E-state index is 2.42. The van der Waals surface area contributed by atoms with E-state index in [1.165, 1.54) is 32.1 Å². The van der Waals surface area contributed by atoms with Crippen molar-refractivity contribution < 1.29 is 0 Å². The zero-order valence-corrected chi connectivity index (χ0v) is 5.69. The summed E-state index contributed by atoms with van der Waals surface area (Å²) in [5.41, 5.74) is 3.31. The van der Waals surface area contributed by atoms with E-state index in [-0.39, 0.29) is 0 Å². The first kappa shape index (κ1) is 5.28. The third kappa shape index (κ3) is 0.827. The molecule has 2 aliphatic carbocycles.